The summed E-state index contributed by atoms with van der Waals surface area (Å²) in [5, 5.41) is 6.17. The van der Waals surface area contributed by atoms with Crippen LogP contribution in [0.1, 0.15) is 40.5 Å². The van der Waals surface area contributed by atoms with Gasteiger partial charge in [0.25, 0.3) is 0 Å². The number of esters is 1. The van der Waals surface area contributed by atoms with Crippen molar-refractivity contribution < 1.29 is 14.3 Å². The fourth-order valence-electron chi connectivity index (χ4n) is 2.25. The molecule has 0 aromatic heterocycles. The molecular formula is C15H29IN4O3. The molecule has 23 heavy (non-hydrogen) atoms. The lowest BCUT2D eigenvalue weighted by Crippen LogP contribution is -2.47. The number of hydrogen-bond donors (Lipinski definition) is 2. The molecule has 2 N–H and O–H groups in total. The van der Waals surface area contributed by atoms with E-state index >= 15 is 0 Å². The van der Waals surface area contributed by atoms with Crippen LogP contribution in [0.3, 0.4) is 0 Å². The number of likely N-dealkylation sites (tertiary alicyclic amines) is 1. The standard InChI is InChI=1S/C15H28N4O3.HI/c1-6-12(20)19-8-7-11(10-19)18-14(16-5)17-9-13(21)22-15(2,3)4;/h11H,6-10H2,1-5H3,(H2,16,17,18);1H. The van der Waals surface area contributed by atoms with E-state index in [9.17, 15) is 9.59 Å². The maximum Gasteiger partial charge on any atom is 0.325 e. The second kappa shape index (κ2) is 9.94. The molecule has 0 aromatic carbocycles. The Kier molecular flexibility index (Phi) is 9.48. The van der Waals surface area contributed by atoms with E-state index < -0.39 is 5.60 Å². The summed E-state index contributed by atoms with van der Waals surface area (Å²) in [5.41, 5.74) is -0.498. The first-order chi connectivity index (χ1) is 10.2. The van der Waals surface area contributed by atoms with Gasteiger partial charge in [-0.3, -0.25) is 14.6 Å². The number of nitrogens with zero attached hydrogens (tertiary/aromatic N) is 2. The van der Waals surface area contributed by atoms with Crippen LogP contribution in [0.25, 0.3) is 0 Å². The molecule has 1 amide bonds. The summed E-state index contributed by atoms with van der Waals surface area (Å²) in [7, 11) is 1.65. The summed E-state index contributed by atoms with van der Waals surface area (Å²) >= 11 is 0. The highest BCUT2D eigenvalue weighted by Gasteiger charge is 2.26. The molecule has 0 spiro atoms. The van der Waals surface area contributed by atoms with Gasteiger partial charge in [-0.1, -0.05) is 6.92 Å². The number of amides is 1. The highest BCUT2D eigenvalue weighted by atomic mass is 127. The molecule has 1 atom stereocenters. The summed E-state index contributed by atoms with van der Waals surface area (Å²) < 4.78 is 5.23. The first kappa shape index (κ1) is 21.9. The van der Waals surface area contributed by atoms with E-state index in [0.29, 0.717) is 18.9 Å². The van der Waals surface area contributed by atoms with Crippen LogP contribution in [-0.2, 0) is 14.3 Å². The van der Waals surface area contributed by atoms with Crippen molar-refractivity contribution >= 4 is 41.8 Å². The van der Waals surface area contributed by atoms with Crippen molar-refractivity contribution in [1.29, 1.82) is 0 Å². The van der Waals surface area contributed by atoms with E-state index in [-0.39, 0.29) is 48.4 Å². The van der Waals surface area contributed by atoms with Crippen LogP contribution in [0.5, 0.6) is 0 Å². The van der Waals surface area contributed by atoms with Crippen molar-refractivity contribution in [3.05, 3.63) is 0 Å². The quantitative estimate of drug-likeness (QED) is 0.296. The maximum atomic E-state index is 11.7. The van der Waals surface area contributed by atoms with Gasteiger partial charge in [-0.05, 0) is 27.2 Å². The van der Waals surface area contributed by atoms with Crippen LogP contribution in [0.15, 0.2) is 4.99 Å². The van der Waals surface area contributed by atoms with Gasteiger partial charge >= 0.3 is 5.97 Å². The number of ether oxygens (including phenoxy) is 1. The molecule has 0 aromatic rings. The maximum absolute atomic E-state index is 11.7. The molecule has 0 saturated carbocycles. The number of carbonyl (C=O) groups is 2. The summed E-state index contributed by atoms with van der Waals surface area (Å²) in [6.45, 7) is 8.83. The number of aliphatic imine (C=N–C) groups is 1. The van der Waals surface area contributed by atoms with Crippen molar-refractivity contribution in [3.8, 4) is 0 Å². The predicted octanol–water partition coefficient (Wildman–Crippen LogP) is 1.12. The van der Waals surface area contributed by atoms with Crippen molar-refractivity contribution in [2.24, 2.45) is 4.99 Å². The molecule has 134 valence electrons. The third kappa shape index (κ3) is 8.38. The minimum Gasteiger partial charge on any atom is -0.459 e. The lowest BCUT2D eigenvalue weighted by atomic mass is 10.2. The number of rotatable bonds is 4. The van der Waals surface area contributed by atoms with Gasteiger partial charge in [0, 0.05) is 32.6 Å². The average Bonchev–Trinajstić information content (AvgIpc) is 2.89. The Morgan fingerprint density at radius 1 is 1.35 bits per heavy atom. The summed E-state index contributed by atoms with van der Waals surface area (Å²) in [4.78, 5) is 29.3. The Balaban J connectivity index is 0.00000484. The van der Waals surface area contributed by atoms with E-state index in [1.54, 1.807) is 7.05 Å². The fraction of sp³-hybridized carbons (Fsp3) is 0.800. The topological polar surface area (TPSA) is 83.0 Å². The molecule has 1 unspecified atom stereocenters. The Labute approximate surface area is 155 Å². The number of carbonyl (C=O) groups excluding carboxylic acids is 2. The average molecular weight is 440 g/mol. The van der Waals surface area contributed by atoms with Gasteiger partial charge in [0.1, 0.15) is 12.1 Å². The second-order valence-electron chi connectivity index (χ2n) is 6.34. The highest BCUT2D eigenvalue weighted by Crippen LogP contribution is 2.10. The van der Waals surface area contributed by atoms with Gasteiger partial charge in [-0.15, -0.1) is 24.0 Å². The summed E-state index contributed by atoms with van der Waals surface area (Å²) in [5.74, 6) is 0.382. The van der Waals surface area contributed by atoms with Crippen LogP contribution < -0.4 is 10.6 Å². The molecule has 1 rings (SSSR count). The lowest BCUT2D eigenvalue weighted by Gasteiger charge is -2.21. The number of hydrogen-bond acceptors (Lipinski definition) is 4. The van der Waals surface area contributed by atoms with E-state index in [1.807, 2.05) is 32.6 Å². The fourth-order valence-corrected chi connectivity index (χ4v) is 2.25. The number of nitrogens with one attached hydrogen (secondary N) is 2. The van der Waals surface area contributed by atoms with Crippen LogP contribution >= 0.6 is 24.0 Å². The SMILES string of the molecule is CCC(=O)N1CCC(NC(=NC)NCC(=O)OC(C)(C)C)C1.I. The molecule has 0 bridgehead atoms. The lowest BCUT2D eigenvalue weighted by molar-refractivity contribution is -0.153. The smallest absolute Gasteiger partial charge is 0.325 e. The highest BCUT2D eigenvalue weighted by molar-refractivity contribution is 14.0. The molecular weight excluding hydrogens is 411 g/mol. The Bertz CT molecular complexity index is 435. The van der Waals surface area contributed by atoms with Gasteiger partial charge < -0.3 is 20.3 Å². The third-order valence-electron chi connectivity index (χ3n) is 3.23. The third-order valence-corrected chi connectivity index (χ3v) is 3.23. The van der Waals surface area contributed by atoms with Crippen molar-refractivity contribution in [1.82, 2.24) is 15.5 Å². The molecule has 7 nitrogen and oxygen atoms in total. The van der Waals surface area contributed by atoms with Gasteiger partial charge in [0.05, 0.1) is 0 Å². The largest absolute Gasteiger partial charge is 0.459 e. The van der Waals surface area contributed by atoms with Crippen LogP contribution in [0.4, 0.5) is 0 Å². The van der Waals surface area contributed by atoms with Crippen LogP contribution in [-0.4, -0.2) is 61.1 Å². The van der Waals surface area contributed by atoms with E-state index in [4.69, 9.17) is 4.74 Å². The predicted molar refractivity (Wildman–Crippen MR) is 101 cm³/mol. The van der Waals surface area contributed by atoms with Gasteiger partial charge in [0.2, 0.25) is 5.91 Å². The molecule has 1 fully saturated rings. The minimum absolute atomic E-state index is 0. The molecule has 8 heteroatoms. The van der Waals surface area contributed by atoms with Gasteiger partial charge in [-0.2, -0.15) is 0 Å². The van der Waals surface area contributed by atoms with Gasteiger partial charge in [-0.25, -0.2) is 0 Å². The van der Waals surface area contributed by atoms with Crippen molar-refractivity contribution in [2.75, 3.05) is 26.7 Å². The number of guanidine groups is 1. The molecule has 1 heterocycles. The van der Waals surface area contributed by atoms with Crippen molar-refractivity contribution in [2.45, 2.75) is 52.2 Å². The van der Waals surface area contributed by atoms with E-state index in [0.717, 1.165) is 13.0 Å². The normalized spacial score (nSPS) is 18.2. The Morgan fingerprint density at radius 3 is 2.52 bits per heavy atom. The second-order valence-corrected chi connectivity index (χ2v) is 6.34. The molecule has 0 radical (unpaired) electrons. The summed E-state index contributed by atoms with van der Waals surface area (Å²) in [6, 6.07) is 0.153. The zero-order valence-electron chi connectivity index (χ0n) is 14.6. The molecule has 1 aliphatic heterocycles. The first-order valence-electron chi connectivity index (χ1n) is 7.72. The van der Waals surface area contributed by atoms with Gasteiger partial charge in [0.15, 0.2) is 5.96 Å². The van der Waals surface area contributed by atoms with Crippen LogP contribution in [0.2, 0.25) is 0 Å². The molecule has 0 aliphatic carbocycles. The zero-order valence-corrected chi connectivity index (χ0v) is 17.0. The van der Waals surface area contributed by atoms with E-state index in [1.165, 1.54) is 0 Å². The number of halogens is 1. The molecule has 1 aliphatic rings. The summed E-state index contributed by atoms with van der Waals surface area (Å²) in [6.07, 6.45) is 1.40. The Hall–Kier alpha value is -1.06. The zero-order chi connectivity index (χ0) is 16.8. The minimum atomic E-state index is -0.498. The van der Waals surface area contributed by atoms with Crippen molar-refractivity contribution in [3.63, 3.8) is 0 Å². The Morgan fingerprint density at radius 2 is 2.00 bits per heavy atom. The molecule has 1 saturated heterocycles. The van der Waals surface area contributed by atoms with Crippen LogP contribution in [0, 0.1) is 0 Å². The first-order valence-corrected chi connectivity index (χ1v) is 7.72. The monoisotopic (exact) mass is 440 g/mol. The van der Waals surface area contributed by atoms with E-state index in [2.05, 4.69) is 15.6 Å².